The lowest BCUT2D eigenvalue weighted by atomic mass is 9.70. The number of fused-ring (bicyclic) bond motifs is 2. The molecular weight excluding hydrogens is 242 g/mol. The molecule has 2 saturated carbocycles. The van der Waals surface area contributed by atoms with Gasteiger partial charge in [-0.15, -0.1) is 0 Å². The number of hydrogen-bond donors (Lipinski definition) is 1. The first-order chi connectivity index (χ1) is 8.68. The molecule has 1 amide bonds. The van der Waals surface area contributed by atoms with E-state index in [4.69, 9.17) is 4.74 Å². The van der Waals surface area contributed by atoms with Crippen molar-refractivity contribution in [1.29, 1.82) is 0 Å². The summed E-state index contributed by atoms with van der Waals surface area (Å²) in [6.07, 6.45) is 3.31. The van der Waals surface area contributed by atoms with Crippen molar-refractivity contribution in [2.45, 2.75) is 66.0 Å². The van der Waals surface area contributed by atoms with Crippen LogP contribution in [0.2, 0.25) is 0 Å². The summed E-state index contributed by atoms with van der Waals surface area (Å²) in [5.41, 5.74) is 0.304. The second-order valence-corrected chi connectivity index (χ2v) is 6.96. The van der Waals surface area contributed by atoms with Crippen LogP contribution < -0.4 is 5.32 Å². The summed E-state index contributed by atoms with van der Waals surface area (Å²) < 4.78 is 5.69. The number of hydrogen-bond acceptors (Lipinski definition) is 3. The van der Waals surface area contributed by atoms with Crippen molar-refractivity contribution >= 4 is 11.9 Å². The van der Waals surface area contributed by atoms with Gasteiger partial charge in [0.25, 0.3) is 0 Å². The molecule has 4 heteroatoms. The molecule has 2 bridgehead atoms. The highest BCUT2D eigenvalue weighted by atomic mass is 16.5. The lowest BCUT2D eigenvalue weighted by Gasteiger charge is -2.38. The van der Waals surface area contributed by atoms with Crippen LogP contribution in [0.3, 0.4) is 0 Å². The highest BCUT2D eigenvalue weighted by molar-refractivity contribution is 5.82. The third-order valence-corrected chi connectivity index (χ3v) is 5.75. The van der Waals surface area contributed by atoms with Crippen molar-refractivity contribution in [1.82, 2.24) is 5.32 Å². The van der Waals surface area contributed by atoms with Gasteiger partial charge in [0.2, 0.25) is 5.91 Å². The highest BCUT2D eigenvalue weighted by Crippen LogP contribution is 2.66. The average molecular weight is 267 g/mol. The Bertz CT molecular complexity index is 404. The van der Waals surface area contributed by atoms with Crippen LogP contribution in [0.1, 0.15) is 53.9 Å². The molecule has 0 aliphatic heterocycles. The second-order valence-electron chi connectivity index (χ2n) is 6.96. The molecule has 2 rings (SSSR count). The van der Waals surface area contributed by atoms with Gasteiger partial charge in [0.1, 0.15) is 12.1 Å². The van der Waals surface area contributed by atoms with Gasteiger partial charge < -0.3 is 10.1 Å². The van der Waals surface area contributed by atoms with Gasteiger partial charge in [-0.25, -0.2) is 4.79 Å². The Hall–Kier alpha value is -1.06. The van der Waals surface area contributed by atoms with E-state index in [1.54, 1.807) is 6.92 Å². The van der Waals surface area contributed by atoms with Crippen LogP contribution in [0, 0.1) is 16.7 Å². The summed E-state index contributed by atoms with van der Waals surface area (Å²) in [5, 5.41) is 2.58. The summed E-state index contributed by atoms with van der Waals surface area (Å²) in [5.74, 6) is 0.125. The molecule has 0 radical (unpaired) electrons. The third-order valence-electron chi connectivity index (χ3n) is 5.75. The number of ether oxygens (including phenoxy) is 1. The smallest absolute Gasteiger partial charge is 0.328 e. The molecule has 19 heavy (non-hydrogen) atoms. The fourth-order valence-electron chi connectivity index (χ4n) is 3.91. The molecule has 4 atom stereocenters. The predicted octanol–water partition coefficient (Wildman–Crippen LogP) is 2.27. The van der Waals surface area contributed by atoms with Gasteiger partial charge >= 0.3 is 5.97 Å². The first-order valence-corrected chi connectivity index (χ1v) is 7.16. The SMILES string of the molecule is CC(=O)NC(C)C(=O)OC1CC2CCC1(C)C2(C)C. The Labute approximate surface area is 115 Å². The van der Waals surface area contributed by atoms with E-state index in [1.165, 1.54) is 13.3 Å². The van der Waals surface area contributed by atoms with Gasteiger partial charge in [-0.2, -0.15) is 0 Å². The fraction of sp³-hybridized carbons (Fsp3) is 0.867. The van der Waals surface area contributed by atoms with Crippen LogP contribution in [0.25, 0.3) is 0 Å². The Morgan fingerprint density at radius 2 is 1.95 bits per heavy atom. The van der Waals surface area contributed by atoms with Crippen molar-refractivity contribution < 1.29 is 14.3 Å². The van der Waals surface area contributed by atoms with Crippen molar-refractivity contribution in [2.24, 2.45) is 16.7 Å². The van der Waals surface area contributed by atoms with Crippen LogP contribution in [-0.4, -0.2) is 24.0 Å². The fourth-order valence-corrected chi connectivity index (χ4v) is 3.91. The first-order valence-electron chi connectivity index (χ1n) is 7.16. The quantitative estimate of drug-likeness (QED) is 0.798. The lowest BCUT2D eigenvalue weighted by molar-refractivity contribution is -0.159. The molecule has 2 fully saturated rings. The summed E-state index contributed by atoms with van der Waals surface area (Å²) in [4.78, 5) is 23.0. The van der Waals surface area contributed by atoms with E-state index in [0.717, 1.165) is 12.8 Å². The van der Waals surface area contributed by atoms with Gasteiger partial charge in [-0.1, -0.05) is 20.8 Å². The molecule has 4 nitrogen and oxygen atoms in total. The maximum atomic E-state index is 12.0. The minimum absolute atomic E-state index is 0.00930. The van der Waals surface area contributed by atoms with Crippen LogP contribution in [0.5, 0.6) is 0 Å². The Balaban J connectivity index is 2.02. The first kappa shape index (κ1) is 14.4. The highest BCUT2D eigenvalue weighted by Gasteiger charge is 2.62. The van der Waals surface area contributed by atoms with Crippen molar-refractivity contribution in [3.05, 3.63) is 0 Å². The van der Waals surface area contributed by atoms with E-state index in [1.807, 2.05) is 0 Å². The minimum Gasteiger partial charge on any atom is -0.460 e. The van der Waals surface area contributed by atoms with Crippen molar-refractivity contribution in [3.8, 4) is 0 Å². The van der Waals surface area contributed by atoms with Crippen molar-refractivity contribution in [2.75, 3.05) is 0 Å². The number of rotatable bonds is 3. The van der Waals surface area contributed by atoms with Gasteiger partial charge in [0.05, 0.1) is 0 Å². The van der Waals surface area contributed by atoms with E-state index in [2.05, 4.69) is 26.1 Å². The lowest BCUT2D eigenvalue weighted by Crippen LogP contribution is -2.44. The zero-order valence-corrected chi connectivity index (χ0v) is 12.6. The Morgan fingerprint density at radius 1 is 1.32 bits per heavy atom. The van der Waals surface area contributed by atoms with Crippen LogP contribution in [-0.2, 0) is 14.3 Å². The summed E-state index contributed by atoms with van der Waals surface area (Å²) in [7, 11) is 0. The normalized spacial score (nSPS) is 36.9. The van der Waals surface area contributed by atoms with E-state index in [0.29, 0.717) is 5.92 Å². The maximum absolute atomic E-state index is 12.0. The minimum atomic E-state index is -0.566. The van der Waals surface area contributed by atoms with E-state index in [-0.39, 0.29) is 28.8 Å². The monoisotopic (exact) mass is 267 g/mol. The molecule has 108 valence electrons. The Morgan fingerprint density at radius 3 is 2.37 bits per heavy atom. The molecular formula is C15H25NO3. The maximum Gasteiger partial charge on any atom is 0.328 e. The number of carbonyl (C=O) groups excluding carboxylic acids is 2. The van der Waals surface area contributed by atoms with Crippen molar-refractivity contribution in [3.63, 3.8) is 0 Å². The molecule has 0 saturated heterocycles. The number of esters is 1. The van der Waals surface area contributed by atoms with Crippen LogP contribution >= 0.6 is 0 Å². The van der Waals surface area contributed by atoms with E-state index >= 15 is 0 Å². The zero-order valence-electron chi connectivity index (χ0n) is 12.6. The van der Waals surface area contributed by atoms with Gasteiger partial charge in [-0.3, -0.25) is 4.79 Å². The molecule has 4 unspecified atom stereocenters. The molecule has 1 N–H and O–H groups in total. The predicted molar refractivity (Wildman–Crippen MR) is 72.4 cm³/mol. The summed E-state index contributed by atoms with van der Waals surface area (Å²) in [6.45, 7) is 9.89. The summed E-state index contributed by atoms with van der Waals surface area (Å²) in [6, 6.07) is -0.566. The van der Waals surface area contributed by atoms with E-state index < -0.39 is 6.04 Å². The third kappa shape index (κ3) is 2.15. The van der Waals surface area contributed by atoms with Crippen LogP contribution in [0.4, 0.5) is 0 Å². The molecule has 0 aromatic rings. The molecule has 0 heterocycles. The van der Waals surface area contributed by atoms with Gasteiger partial charge in [0, 0.05) is 12.3 Å². The zero-order chi connectivity index (χ0) is 14.4. The van der Waals surface area contributed by atoms with Crippen LogP contribution in [0.15, 0.2) is 0 Å². The number of carbonyl (C=O) groups is 2. The van der Waals surface area contributed by atoms with E-state index in [9.17, 15) is 9.59 Å². The van der Waals surface area contributed by atoms with Gasteiger partial charge in [-0.05, 0) is 37.5 Å². The average Bonchev–Trinajstić information content (AvgIpc) is 2.61. The second kappa shape index (κ2) is 4.50. The standard InChI is InChI=1S/C15H25NO3/c1-9(16-10(2)17)13(18)19-12-8-11-6-7-15(12,5)14(11,3)4/h9,11-12H,6-8H2,1-5H3,(H,16,17). The summed E-state index contributed by atoms with van der Waals surface area (Å²) >= 11 is 0. The molecule has 0 aromatic heterocycles. The number of nitrogens with one attached hydrogen (secondary N) is 1. The molecule has 0 spiro atoms. The molecule has 2 aliphatic rings. The topological polar surface area (TPSA) is 55.4 Å². The largest absolute Gasteiger partial charge is 0.460 e. The number of amides is 1. The van der Waals surface area contributed by atoms with Gasteiger partial charge in [0.15, 0.2) is 0 Å². The Kier molecular flexibility index (Phi) is 3.40. The molecule has 0 aromatic carbocycles. The molecule has 2 aliphatic carbocycles.